The molecule has 4 heteroatoms. The Morgan fingerprint density at radius 1 is 1.50 bits per heavy atom. The Labute approximate surface area is 69.1 Å². The molecule has 1 amide bonds. The Hall–Kier alpha value is -1.19. The van der Waals surface area contributed by atoms with E-state index in [1.165, 1.54) is 0 Å². The van der Waals surface area contributed by atoms with E-state index in [0.29, 0.717) is 19.3 Å². The molecule has 2 aliphatic carbocycles. The van der Waals surface area contributed by atoms with Crippen molar-refractivity contribution in [1.82, 2.24) is 0 Å². The molecule has 0 aromatic rings. The number of carbonyl (C=O) groups is 3. The number of ketones is 2. The van der Waals surface area contributed by atoms with Crippen molar-refractivity contribution in [2.75, 3.05) is 0 Å². The predicted molar refractivity (Wildman–Crippen MR) is 39.0 cm³/mol. The minimum atomic E-state index is -1.11. The number of Topliss-reactive ketones (excluding diaryl/α,β-unsaturated/α-hetero) is 2. The molecule has 2 aliphatic rings. The van der Waals surface area contributed by atoms with Gasteiger partial charge in [-0.2, -0.15) is 0 Å². The largest absolute Gasteiger partial charge is 0.369 e. The number of hydrogen-bond acceptors (Lipinski definition) is 3. The topological polar surface area (TPSA) is 77.2 Å². The molecule has 2 saturated carbocycles. The van der Waals surface area contributed by atoms with Crippen LogP contribution in [0.4, 0.5) is 0 Å². The van der Waals surface area contributed by atoms with Crippen LogP contribution in [0.5, 0.6) is 0 Å². The third-order valence-electron chi connectivity index (χ3n) is 3.02. The van der Waals surface area contributed by atoms with Crippen molar-refractivity contribution in [3.8, 4) is 0 Å². The summed E-state index contributed by atoms with van der Waals surface area (Å²) < 4.78 is 0. The van der Waals surface area contributed by atoms with Gasteiger partial charge in [-0.25, -0.2) is 0 Å². The summed E-state index contributed by atoms with van der Waals surface area (Å²) in [6.07, 6.45) is 1.48. The molecule has 2 bridgehead atoms. The number of carbonyl (C=O) groups excluding carboxylic acids is 3. The summed E-state index contributed by atoms with van der Waals surface area (Å²) in [6.45, 7) is 0. The Bertz CT molecular complexity index is 297. The highest BCUT2D eigenvalue weighted by atomic mass is 16.2. The van der Waals surface area contributed by atoms with E-state index in [2.05, 4.69) is 0 Å². The van der Waals surface area contributed by atoms with E-state index in [1.807, 2.05) is 0 Å². The fraction of sp³-hybridized carbons (Fsp3) is 0.625. The zero-order valence-electron chi connectivity index (χ0n) is 6.50. The van der Waals surface area contributed by atoms with Gasteiger partial charge < -0.3 is 5.73 Å². The van der Waals surface area contributed by atoms with E-state index >= 15 is 0 Å². The number of fused-ring (bicyclic) bond motifs is 2. The van der Waals surface area contributed by atoms with Gasteiger partial charge in [0.05, 0.1) is 0 Å². The fourth-order valence-electron chi connectivity index (χ4n) is 2.23. The molecule has 0 heterocycles. The van der Waals surface area contributed by atoms with Crippen molar-refractivity contribution in [1.29, 1.82) is 0 Å². The molecule has 0 saturated heterocycles. The summed E-state index contributed by atoms with van der Waals surface area (Å²) in [7, 11) is 0. The number of amides is 1. The molecule has 2 fully saturated rings. The van der Waals surface area contributed by atoms with Crippen LogP contribution in [0.2, 0.25) is 0 Å². The second-order valence-electron chi connectivity index (χ2n) is 3.58. The van der Waals surface area contributed by atoms with Gasteiger partial charge in [-0.1, -0.05) is 0 Å². The van der Waals surface area contributed by atoms with Crippen molar-refractivity contribution >= 4 is 17.5 Å². The van der Waals surface area contributed by atoms with Gasteiger partial charge in [0.15, 0.2) is 0 Å². The quantitative estimate of drug-likeness (QED) is 0.419. The zero-order valence-corrected chi connectivity index (χ0v) is 6.50. The summed E-state index contributed by atoms with van der Waals surface area (Å²) >= 11 is 0. The summed E-state index contributed by atoms with van der Waals surface area (Å²) in [6, 6.07) is 0. The lowest BCUT2D eigenvalue weighted by Crippen LogP contribution is -2.42. The molecule has 2 N–H and O–H groups in total. The lowest BCUT2D eigenvalue weighted by Gasteiger charge is -2.18. The van der Waals surface area contributed by atoms with Gasteiger partial charge in [0.2, 0.25) is 17.5 Å². The van der Waals surface area contributed by atoms with Crippen molar-refractivity contribution in [2.24, 2.45) is 17.1 Å². The predicted octanol–water partition coefficient (Wildman–Crippen LogP) is -0.590. The first-order valence-electron chi connectivity index (χ1n) is 3.96. The van der Waals surface area contributed by atoms with Crippen LogP contribution in [0.15, 0.2) is 0 Å². The van der Waals surface area contributed by atoms with E-state index in [0.717, 1.165) is 0 Å². The minimum Gasteiger partial charge on any atom is -0.369 e. The zero-order chi connectivity index (χ0) is 8.93. The normalized spacial score (nSPS) is 39.2. The molecule has 2 unspecified atom stereocenters. The van der Waals surface area contributed by atoms with Crippen LogP contribution in [0.25, 0.3) is 0 Å². The molecule has 0 aromatic carbocycles. The lowest BCUT2D eigenvalue weighted by atomic mass is 9.82. The molecule has 64 valence electrons. The Morgan fingerprint density at radius 2 is 2.17 bits per heavy atom. The van der Waals surface area contributed by atoms with E-state index in [9.17, 15) is 14.4 Å². The molecule has 2 rings (SSSR count). The summed E-state index contributed by atoms with van der Waals surface area (Å²) in [5, 5.41) is 0. The second kappa shape index (κ2) is 1.94. The smallest absolute Gasteiger partial charge is 0.231 e. The Balaban J connectivity index is 2.46. The van der Waals surface area contributed by atoms with Crippen molar-refractivity contribution in [3.63, 3.8) is 0 Å². The number of primary amides is 1. The van der Waals surface area contributed by atoms with Gasteiger partial charge in [0.1, 0.15) is 5.41 Å². The van der Waals surface area contributed by atoms with Crippen LogP contribution in [-0.2, 0) is 14.4 Å². The first-order valence-corrected chi connectivity index (χ1v) is 3.96. The number of rotatable bonds is 1. The summed E-state index contributed by atoms with van der Waals surface area (Å²) in [4.78, 5) is 33.4. The second-order valence-corrected chi connectivity index (χ2v) is 3.58. The lowest BCUT2D eigenvalue weighted by molar-refractivity contribution is -0.146. The van der Waals surface area contributed by atoms with Gasteiger partial charge in [0, 0.05) is 5.92 Å². The Morgan fingerprint density at radius 3 is 2.50 bits per heavy atom. The molecular formula is C8H9NO3. The fourth-order valence-corrected chi connectivity index (χ4v) is 2.23. The van der Waals surface area contributed by atoms with Gasteiger partial charge in [-0.05, 0) is 19.3 Å². The average Bonchev–Trinajstić information content (AvgIpc) is 2.53. The maximum Gasteiger partial charge on any atom is 0.231 e. The van der Waals surface area contributed by atoms with Crippen LogP contribution in [-0.4, -0.2) is 17.5 Å². The molecule has 0 aliphatic heterocycles. The number of nitrogens with two attached hydrogens (primary N) is 1. The molecule has 12 heavy (non-hydrogen) atoms. The van der Waals surface area contributed by atoms with E-state index in [-0.39, 0.29) is 11.7 Å². The maximum atomic E-state index is 11.3. The molecule has 0 aromatic heterocycles. The summed E-state index contributed by atoms with van der Waals surface area (Å²) in [5.41, 5.74) is 4.00. The standard InChI is InChI=1S/C8H9NO3/c9-7(12)8-2-1-4(3-8)5(10)6(8)11/h4H,1-3H2,(H2,9,12). The van der Waals surface area contributed by atoms with Crippen LogP contribution in [0.1, 0.15) is 19.3 Å². The van der Waals surface area contributed by atoms with E-state index < -0.39 is 17.1 Å². The van der Waals surface area contributed by atoms with Gasteiger partial charge in [-0.15, -0.1) is 0 Å². The van der Waals surface area contributed by atoms with Crippen molar-refractivity contribution in [3.05, 3.63) is 0 Å². The van der Waals surface area contributed by atoms with E-state index in [4.69, 9.17) is 5.73 Å². The van der Waals surface area contributed by atoms with Crippen LogP contribution >= 0.6 is 0 Å². The van der Waals surface area contributed by atoms with Gasteiger partial charge in [-0.3, -0.25) is 14.4 Å². The van der Waals surface area contributed by atoms with Crippen LogP contribution < -0.4 is 5.73 Å². The van der Waals surface area contributed by atoms with Crippen molar-refractivity contribution in [2.45, 2.75) is 19.3 Å². The molecule has 0 radical (unpaired) electrons. The highest BCUT2D eigenvalue weighted by Gasteiger charge is 2.60. The van der Waals surface area contributed by atoms with Crippen molar-refractivity contribution < 1.29 is 14.4 Å². The highest BCUT2D eigenvalue weighted by molar-refractivity contribution is 6.46. The maximum absolute atomic E-state index is 11.3. The average molecular weight is 167 g/mol. The van der Waals surface area contributed by atoms with Crippen LogP contribution in [0.3, 0.4) is 0 Å². The third-order valence-corrected chi connectivity index (χ3v) is 3.02. The SMILES string of the molecule is NC(=O)C12CCC(C1)C(=O)C2=O. The third kappa shape index (κ3) is 0.605. The first kappa shape index (κ1) is 7.46. The van der Waals surface area contributed by atoms with Crippen LogP contribution in [0, 0.1) is 11.3 Å². The minimum absolute atomic E-state index is 0.218. The molecule has 2 atom stereocenters. The molecule has 4 nitrogen and oxygen atoms in total. The monoisotopic (exact) mass is 167 g/mol. The summed E-state index contributed by atoms with van der Waals surface area (Å²) in [5.74, 6) is -1.78. The van der Waals surface area contributed by atoms with E-state index in [1.54, 1.807) is 0 Å². The van der Waals surface area contributed by atoms with Gasteiger partial charge in [0.25, 0.3) is 0 Å². The highest BCUT2D eigenvalue weighted by Crippen LogP contribution is 2.49. The first-order chi connectivity index (χ1) is 5.58. The molecule has 0 spiro atoms. The Kier molecular flexibility index (Phi) is 1.21. The van der Waals surface area contributed by atoms with Gasteiger partial charge >= 0.3 is 0 Å². The molecular weight excluding hydrogens is 158 g/mol. The number of hydrogen-bond donors (Lipinski definition) is 1.